The highest BCUT2D eigenvalue weighted by Gasteiger charge is 2.28. The molecule has 90 valence electrons. The summed E-state index contributed by atoms with van der Waals surface area (Å²) in [4.78, 5) is 1.35. The minimum Gasteiger partial charge on any atom is -0.312 e. The van der Waals surface area contributed by atoms with E-state index in [1.165, 1.54) is 30.2 Å². The van der Waals surface area contributed by atoms with Crippen LogP contribution in [0, 0.1) is 11.7 Å². The van der Waals surface area contributed by atoms with Gasteiger partial charge in [-0.25, -0.2) is 4.39 Å². The van der Waals surface area contributed by atoms with Crippen LogP contribution < -0.4 is 5.32 Å². The predicted molar refractivity (Wildman–Crippen MR) is 70.9 cm³/mol. The number of thiophene rings is 1. The van der Waals surface area contributed by atoms with Crippen LogP contribution in [-0.2, 0) is 0 Å². The first kappa shape index (κ1) is 11.2. The molecule has 1 aromatic carbocycles. The third kappa shape index (κ3) is 1.98. The Balaban J connectivity index is 1.98. The molecule has 0 amide bonds. The van der Waals surface area contributed by atoms with Gasteiger partial charge < -0.3 is 5.32 Å². The Morgan fingerprint density at radius 3 is 2.82 bits per heavy atom. The van der Waals surface area contributed by atoms with Gasteiger partial charge >= 0.3 is 0 Å². The molecule has 2 aromatic rings. The van der Waals surface area contributed by atoms with Crippen molar-refractivity contribution in [2.24, 2.45) is 5.92 Å². The molecular weight excluding hydrogens is 233 g/mol. The number of benzene rings is 1. The third-order valence-corrected chi connectivity index (χ3v) is 4.92. The molecule has 0 radical (unpaired) electrons. The number of halogens is 1. The van der Waals surface area contributed by atoms with Gasteiger partial charge in [-0.05, 0) is 49.4 Å². The molecule has 1 aliphatic carbocycles. The van der Waals surface area contributed by atoms with Crippen molar-refractivity contribution in [3.05, 3.63) is 35.0 Å². The zero-order valence-electron chi connectivity index (χ0n) is 9.87. The maximum atomic E-state index is 13.2. The SMILES string of the molecule is CNC(c1cc2ccc(F)cc2s1)C1CCC1. The van der Waals surface area contributed by atoms with Crippen LogP contribution in [0.1, 0.15) is 30.2 Å². The van der Waals surface area contributed by atoms with Gasteiger partial charge in [-0.2, -0.15) is 0 Å². The fraction of sp³-hybridized carbons (Fsp3) is 0.429. The maximum absolute atomic E-state index is 13.2. The van der Waals surface area contributed by atoms with Crippen LogP contribution in [0.3, 0.4) is 0 Å². The molecule has 0 aliphatic heterocycles. The molecule has 1 atom stereocenters. The summed E-state index contributed by atoms with van der Waals surface area (Å²) in [5.41, 5.74) is 0. The highest BCUT2D eigenvalue weighted by molar-refractivity contribution is 7.19. The molecule has 0 bridgehead atoms. The van der Waals surface area contributed by atoms with Gasteiger partial charge in [-0.1, -0.05) is 12.5 Å². The van der Waals surface area contributed by atoms with Crippen LogP contribution in [0.4, 0.5) is 4.39 Å². The minimum atomic E-state index is -0.143. The van der Waals surface area contributed by atoms with E-state index in [4.69, 9.17) is 0 Å². The van der Waals surface area contributed by atoms with Crippen molar-refractivity contribution in [3.8, 4) is 0 Å². The van der Waals surface area contributed by atoms with Gasteiger partial charge in [0.15, 0.2) is 0 Å². The predicted octanol–water partition coefficient (Wildman–Crippen LogP) is 4.10. The fourth-order valence-electron chi connectivity index (χ4n) is 2.56. The molecule has 1 fully saturated rings. The molecular formula is C14H16FNS. The zero-order valence-corrected chi connectivity index (χ0v) is 10.7. The Morgan fingerprint density at radius 1 is 1.35 bits per heavy atom. The van der Waals surface area contributed by atoms with E-state index in [9.17, 15) is 4.39 Å². The first-order chi connectivity index (χ1) is 8.28. The largest absolute Gasteiger partial charge is 0.312 e. The Labute approximate surface area is 105 Å². The summed E-state index contributed by atoms with van der Waals surface area (Å²) in [5.74, 6) is 0.619. The molecule has 1 heterocycles. The highest BCUT2D eigenvalue weighted by Crippen LogP contribution is 2.41. The van der Waals surface area contributed by atoms with E-state index >= 15 is 0 Å². The van der Waals surface area contributed by atoms with Gasteiger partial charge in [-0.15, -0.1) is 11.3 Å². The second-order valence-electron chi connectivity index (χ2n) is 4.79. The van der Waals surface area contributed by atoms with E-state index in [2.05, 4.69) is 11.4 Å². The van der Waals surface area contributed by atoms with Gasteiger partial charge in [0, 0.05) is 15.6 Å². The van der Waals surface area contributed by atoms with Crippen molar-refractivity contribution in [3.63, 3.8) is 0 Å². The van der Waals surface area contributed by atoms with E-state index in [0.717, 1.165) is 16.0 Å². The molecule has 1 unspecified atom stereocenters. The van der Waals surface area contributed by atoms with Crippen molar-refractivity contribution < 1.29 is 4.39 Å². The smallest absolute Gasteiger partial charge is 0.124 e. The first-order valence-corrected chi connectivity index (χ1v) is 6.96. The summed E-state index contributed by atoms with van der Waals surface area (Å²) >= 11 is 1.72. The summed E-state index contributed by atoms with van der Waals surface area (Å²) in [6.07, 6.45) is 3.98. The molecule has 1 N–H and O–H groups in total. The number of hydrogen-bond acceptors (Lipinski definition) is 2. The normalized spacial score (nSPS) is 18.2. The van der Waals surface area contributed by atoms with Gasteiger partial charge in [-0.3, -0.25) is 0 Å². The third-order valence-electron chi connectivity index (χ3n) is 3.74. The van der Waals surface area contributed by atoms with E-state index in [-0.39, 0.29) is 5.82 Å². The average molecular weight is 249 g/mol. The van der Waals surface area contributed by atoms with Crippen molar-refractivity contribution in [2.75, 3.05) is 7.05 Å². The average Bonchev–Trinajstić information content (AvgIpc) is 2.65. The Bertz CT molecular complexity index is 530. The molecule has 0 saturated heterocycles. The zero-order chi connectivity index (χ0) is 11.8. The molecule has 1 nitrogen and oxygen atoms in total. The van der Waals surface area contributed by atoms with Crippen molar-refractivity contribution in [1.82, 2.24) is 5.32 Å². The summed E-state index contributed by atoms with van der Waals surface area (Å²) in [7, 11) is 2.02. The van der Waals surface area contributed by atoms with Crippen molar-refractivity contribution in [2.45, 2.75) is 25.3 Å². The maximum Gasteiger partial charge on any atom is 0.124 e. The van der Waals surface area contributed by atoms with Crippen LogP contribution in [0.25, 0.3) is 10.1 Å². The molecule has 3 heteroatoms. The molecule has 3 rings (SSSR count). The number of nitrogens with one attached hydrogen (secondary N) is 1. The van der Waals surface area contributed by atoms with E-state index < -0.39 is 0 Å². The second-order valence-corrected chi connectivity index (χ2v) is 5.90. The molecule has 1 saturated carbocycles. The van der Waals surface area contributed by atoms with Crippen molar-refractivity contribution in [1.29, 1.82) is 0 Å². The number of fused-ring (bicyclic) bond motifs is 1. The van der Waals surface area contributed by atoms with Crippen LogP contribution in [0.5, 0.6) is 0 Å². The Morgan fingerprint density at radius 2 is 2.18 bits per heavy atom. The second kappa shape index (κ2) is 4.39. The first-order valence-electron chi connectivity index (χ1n) is 6.14. The summed E-state index contributed by atoms with van der Waals surface area (Å²) < 4.78 is 14.2. The summed E-state index contributed by atoms with van der Waals surface area (Å²) in [5, 5.41) is 4.57. The minimum absolute atomic E-state index is 0.143. The van der Waals surface area contributed by atoms with Gasteiger partial charge in [0.1, 0.15) is 5.82 Å². The van der Waals surface area contributed by atoms with E-state index in [0.29, 0.717) is 6.04 Å². The Kier molecular flexibility index (Phi) is 2.89. The van der Waals surface area contributed by atoms with E-state index in [1.807, 2.05) is 13.1 Å². The Hall–Kier alpha value is -0.930. The number of rotatable bonds is 3. The summed E-state index contributed by atoms with van der Waals surface area (Å²) in [6, 6.07) is 7.70. The highest BCUT2D eigenvalue weighted by atomic mass is 32.1. The van der Waals surface area contributed by atoms with Crippen LogP contribution in [0.15, 0.2) is 24.3 Å². The van der Waals surface area contributed by atoms with Crippen LogP contribution >= 0.6 is 11.3 Å². The molecule has 0 spiro atoms. The van der Waals surface area contributed by atoms with Gasteiger partial charge in [0.25, 0.3) is 0 Å². The quantitative estimate of drug-likeness (QED) is 0.863. The van der Waals surface area contributed by atoms with E-state index in [1.54, 1.807) is 17.4 Å². The van der Waals surface area contributed by atoms with Crippen LogP contribution in [-0.4, -0.2) is 7.05 Å². The van der Waals surface area contributed by atoms with Gasteiger partial charge in [0.2, 0.25) is 0 Å². The standard InChI is InChI=1S/C14H16FNS/c1-16-14(9-3-2-4-9)13-7-10-5-6-11(15)8-12(10)17-13/h5-9,14,16H,2-4H2,1H3. The lowest BCUT2D eigenvalue weighted by Gasteiger charge is -2.32. The summed E-state index contributed by atoms with van der Waals surface area (Å²) in [6.45, 7) is 0. The van der Waals surface area contributed by atoms with Crippen LogP contribution in [0.2, 0.25) is 0 Å². The lowest BCUT2D eigenvalue weighted by molar-refractivity contribution is 0.242. The molecule has 17 heavy (non-hydrogen) atoms. The number of hydrogen-bond donors (Lipinski definition) is 1. The lowest BCUT2D eigenvalue weighted by atomic mass is 9.79. The molecule has 1 aliphatic rings. The monoisotopic (exact) mass is 249 g/mol. The fourth-order valence-corrected chi connectivity index (χ4v) is 3.86. The lowest BCUT2D eigenvalue weighted by Crippen LogP contribution is -2.28. The molecule has 1 aromatic heterocycles. The topological polar surface area (TPSA) is 12.0 Å². The van der Waals surface area contributed by atoms with Crippen molar-refractivity contribution >= 4 is 21.4 Å². The van der Waals surface area contributed by atoms with Gasteiger partial charge in [0.05, 0.1) is 0 Å².